The molecule has 0 spiro atoms. The lowest BCUT2D eigenvalue weighted by Crippen LogP contribution is -2.33. The lowest BCUT2D eigenvalue weighted by Gasteiger charge is -2.23. The molecular formula is C42H28N4S. The van der Waals surface area contributed by atoms with Gasteiger partial charge >= 0.3 is 0 Å². The molecule has 9 rings (SSSR count). The number of benzene rings is 6. The van der Waals surface area contributed by atoms with Crippen molar-refractivity contribution in [3.8, 4) is 22.4 Å². The molecule has 8 aromatic rings. The van der Waals surface area contributed by atoms with Crippen molar-refractivity contribution in [2.75, 3.05) is 0 Å². The molecule has 6 aromatic carbocycles. The van der Waals surface area contributed by atoms with Crippen LogP contribution in [0.5, 0.6) is 0 Å². The number of aliphatic imine (C=N–C) groups is 2. The zero-order chi connectivity index (χ0) is 31.2. The number of hydrogen-bond acceptors (Lipinski definition) is 5. The fraction of sp³-hybridized carbons (Fsp3) is 0.0238. The summed E-state index contributed by atoms with van der Waals surface area (Å²) in [6, 6.07) is 53.1. The summed E-state index contributed by atoms with van der Waals surface area (Å²) in [7, 11) is 0. The fourth-order valence-corrected chi connectivity index (χ4v) is 7.57. The minimum Gasteiger partial charge on any atom is -0.344 e. The van der Waals surface area contributed by atoms with Crippen LogP contribution in [0.2, 0.25) is 0 Å². The van der Waals surface area contributed by atoms with E-state index in [1.165, 1.54) is 42.1 Å². The summed E-state index contributed by atoms with van der Waals surface area (Å²) in [5.74, 6) is 1.52. The van der Waals surface area contributed by atoms with Crippen molar-refractivity contribution < 1.29 is 0 Å². The third kappa shape index (κ3) is 4.98. The molecule has 0 fully saturated rings. The van der Waals surface area contributed by atoms with Gasteiger partial charge in [0.05, 0.1) is 5.69 Å². The van der Waals surface area contributed by atoms with E-state index in [0.29, 0.717) is 5.84 Å². The normalized spacial score (nSPS) is 14.6. The van der Waals surface area contributed by atoms with Crippen LogP contribution in [-0.4, -0.2) is 16.7 Å². The van der Waals surface area contributed by atoms with E-state index in [1.54, 1.807) is 0 Å². The quantitative estimate of drug-likeness (QED) is 0.208. The average molecular weight is 621 g/mol. The van der Waals surface area contributed by atoms with Crippen molar-refractivity contribution in [1.29, 1.82) is 0 Å². The van der Waals surface area contributed by atoms with E-state index in [0.717, 1.165) is 33.8 Å². The molecule has 0 saturated heterocycles. The van der Waals surface area contributed by atoms with E-state index in [4.69, 9.17) is 15.0 Å². The van der Waals surface area contributed by atoms with Crippen molar-refractivity contribution in [1.82, 2.24) is 10.3 Å². The monoisotopic (exact) mass is 620 g/mol. The highest BCUT2D eigenvalue weighted by Gasteiger charge is 2.21. The van der Waals surface area contributed by atoms with E-state index in [9.17, 15) is 0 Å². The molecular weight excluding hydrogens is 593 g/mol. The molecule has 222 valence electrons. The van der Waals surface area contributed by atoms with Crippen molar-refractivity contribution in [3.63, 3.8) is 0 Å². The summed E-state index contributed by atoms with van der Waals surface area (Å²) in [6.45, 7) is 0. The van der Waals surface area contributed by atoms with Crippen LogP contribution in [0.15, 0.2) is 168 Å². The molecule has 0 amide bonds. The Hall–Kier alpha value is -5.91. The second kappa shape index (κ2) is 11.5. The highest BCUT2D eigenvalue weighted by atomic mass is 32.1. The fourth-order valence-electron chi connectivity index (χ4n) is 6.49. The number of amidine groups is 2. The Morgan fingerprint density at radius 2 is 1.28 bits per heavy atom. The van der Waals surface area contributed by atoms with Crippen LogP contribution in [0.1, 0.15) is 22.9 Å². The third-order valence-electron chi connectivity index (χ3n) is 8.80. The minimum atomic E-state index is -0.234. The molecule has 1 unspecified atom stereocenters. The molecule has 4 nitrogen and oxygen atoms in total. The maximum Gasteiger partial charge on any atom is 0.159 e. The first-order valence-electron chi connectivity index (χ1n) is 15.7. The average Bonchev–Trinajstić information content (AvgIpc) is 3.53. The number of fused-ring (bicyclic) bond motifs is 4. The van der Waals surface area contributed by atoms with Crippen molar-refractivity contribution in [3.05, 3.63) is 175 Å². The smallest absolute Gasteiger partial charge is 0.159 e. The van der Waals surface area contributed by atoms with Gasteiger partial charge in [-0.25, -0.2) is 9.98 Å². The van der Waals surface area contributed by atoms with Crippen LogP contribution >= 0.6 is 11.3 Å². The molecule has 3 heterocycles. The first kappa shape index (κ1) is 27.4. The molecule has 1 atom stereocenters. The van der Waals surface area contributed by atoms with E-state index in [2.05, 4.69) is 121 Å². The SMILES string of the molecule is c1ccc(C2=NC(c3ccc(-c4nccc5sc6ccc(-c7cccc8ccccc78)cc6c45)cc3)=NC(c3ccccc3)N2)cc1. The Morgan fingerprint density at radius 1 is 0.553 bits per heavy atom. The standard InChI is InChI=1S/C42H28N4S/c1-3-11-29(12-4-1)40-44-41(30-13-5-2-6-14-30)46-42(45-40)31-20-18-28(19-21-31)39-38-35-26-32(22-23-36(35)47-37(38)24-25-43-39)34-17-9-15-27-10-7-8-16-33(27)34/h1-26,40H,(H,44,45,46). The van der Waals surface area contributed by atoms with E-state index < -0.39 is 0 Å². The van der Waals surface area contributed by atoms with Gasteiger partial charge < -0.3 is 5.32 Å². The second-order valence-corrected chi connectivity index (χ2v) is 12.8. The van der Waals surface area contributed by atoms with Gasteiger partial charge in [0.2, 0.25) is 0 Å². The number of thiophene rings is 1. The van der Waals surface area contributed by atoms with E-state index in [-0.39, 0.29) is 6.17 Å². The number of nitrogens with zero attached hydrogens (tertiary/aromatic N) is 3. The Kier molecular flexibility index (Phi) is 6.69. The summed E-state index contributed by atoms with van der Waals surface area (Å²) in [6.07, 6.45) is 1.69. The first-order valence-corrected chi connectivity index (χ1v) is 16.5. The van der Waals surface area contributed by atoms with Gasteiger partial charge in [0, 0.05) is 43.1 Å². The van der Waals surface area contributed by atoms with Crippen LogP contribution in [0, 0.1) is 0 Å². The molecule has 1 N–H and O–H groups in total. The van der Waals surface area contributed by atoms with Crippen LogP contribution in [0.3, 0.4) is 0 Å². The van der Waals surface area contributed by atoms with Crippen molar-refractivity contribution >= 4 is 54.0 Å². The Labute approximate surface area is 276 Å². The summed E-state index contributed by atoms with van der Waals surface area (Å²) >= 11 is 1.82. The Balaban J connectivity index is 1.13. The van der Waals surface area contributed by atoms with Gasteiger partial charge in [-0.05, 0) is 45.7 Å². The van der Waals surface area contributed by atoms with Crippen molar-refractivity contribution in [2.24, 2.45) is 9.98 Å². The van der Waals surface area contributed by atoms with E-state index >= 15 is 0 Å². The largest absolute Gasteiger partial charge is 0.344 e. The first-order chi connectivity index (χ1) is 23.3. The van der Waals surface area contributed by atoms with Crippen LogP contribution in [0.4, 0.5) is 0 Å². The van der Waals surface area contributed by atoms with Gasteiger partial charge in [0.25, 0.3) is 0 Å². The van der Waals surface area contributed by atoms with Crippen LogP contribution in [-0.2, 0) is 0 Å². The van der Waals surface area contributed by atoms with Crippen molar-refractivity contribution in [2.45, 2.75) is 6.17 Å². The van der Waals surface area contributed by atoms with Gasteiger partial charge in [0.1, 0.15) is 12.0 Å². The molecule has 1 aliphatic rings. The molecule has 0 bridgehead atoms. The summed E-state index contributed by atoms with van der Waals surface area (Å²) < 4.78 is 2.49. The van der Waals surface area contributed by atoms with Crippen LogP contribution < -0.4 is 5.32 Å². The number of nitrogens with one attached hydrogen (secondary N) is 1. The van der Waals surface area contributed by atoms with Gasteiger partial charge in [-0.3, -0.25) is 4.98 Å². The second-order valence-electron chi connectivity index (χ2n) is 11.7. The summed E-state index contributed by atoms with van der Waals surface area (Å²) in [5.41, 5.74) is 7.59. The molecule has 2 aromatic heterocycles. The highest BCUT2D eigenvalue weighted by Crippen LogP contribution is 2.41. The van der Waals surface area contributed by atoms with Gasteiger partial charge in [-0.2, -0.15) is 0 Å². The Morgan fingerprint density at radius 3 is 2.13 bits per heavy atom. The minimum absolute atomic E-state index is 0.234. The molecule has 47 heavy (non-hydrogen) atoms. The number of rotatable bonds is 5. The maximum atomic E-state index is 5.05. The van der Waals surface area contributed by atoms with Gasteiger partial charge in [-0.1, -0.05) is 133 Å². The highest BCUT2D eigenvalue weighted by molar-refractivity contribution is 7.25. The number of pyridine rings is 1. The van der Waals surface area contributed by atoms with Gasteiger partial charge in [-0.15, -0.1) is 11.3 Å². The summed E-state index contributed by atoms with van der Waals surface area (Å²) in [5, 5.41) is 8.46. The lowest BCUT2D eigenvalue weighted by atomic mass is 9.96. The molecule has 1 aliphatic heterocycles. The zero-order valence-electron chi connectivity index (χ0n) is 25.3. The molecule has 5 heteroatoms. The van der Waals surface area contributed by atoms with Crippen LogP contribution in [0.25, 0.3) is 53.3 Å². The zero-order valence-corrected chi connectivity index (χ0v) is 26.2. The molecule has 0 radical (unpaired) electrons. The third-order valence-corrected chi connectivity index (χ3v) is 9.94. The van der Waals surface area contributed by atoms with Gasteiger partial charge in [0.15, 0.2) is 5.84 Å². The predicted octanol–water partition coefficient (Wildman–Crippen LogP) is 10.4. The summed E-state index contributed by atoms with van der Waals surface area (Å²) in [4.78, 5) is 15.0. The van der Waals surface area contributed by atoms with E-state index in [1.807, 2.05) is 53.9 Å². The maximum absolute atomic E-state index is 5.05. The Bertz CT molecular complexity index is 2470. The topological polar surface area (TPSA) is 49.6 Å². The molecule has 0 saturated carbocycles. The molecule has 0 aliphatic carbocycles. The lowest BCUT2D eigenvalue weighted by molar-refractivity contribution is 0.674. The number of hydrogen-bond donors (Lipinski definition) is 1. The predicted molar refractivity (Wildman–Crippen MR) is 197 cm³/mol. The number of aromatic nitrogens is 1.